The Kier molecular flexibility index (Phi) is 5.29. The summed E-state index contributed by atoms with van der Waals surface area (Å²) >= 11 is 5.47. The van der Waals surface area contributed by atoms with Crippen LogP contribution in [-0.2, 0) is 4.79 Å². The predicted molar refractivity (Wildman–Crippen MR) is 71.1 cm³/mol. The van der Waals surface area contributed by atoms with Crippen molar-refractivity contribution < 1.29 is 9.53 Å². The lowest BCUT2D eigenvalue weighted by Gasteiger charge is -2.13. The van der Waals surface area contributed by atoms with Crippen molar-refractivity contribution in [2.45, 2.75) is 27.2 Å². The van der Waals surface area contributed by atoms with E-state index in [0.717, 1.165) is 29.0 Å². The highest BCUT2D eigenvalue weighted by atomic mass is 35.5. The van der Waals surface area contributed by atoms with E-state index in [1.54, 1.807) is 0 Å². The lowest BCUT2D eigenvalue weighted by atomic mass is 10.1. The molecule has 0 aliphatic heterocycles. The van der Waals surface area contributed by atoms with Gasteiger partial charge in [0, 0.05) is 5.69 Å². The summed E-state index contributed by atoms with van der Waals surface area (Å²) in [6, 6.07) is 3.85. The molecule has 94 valence electrons. The maximum Gasteiger partial charge on any atom is 0.239 e. The molecule has 3 nitrogen and oxygen atoms in total. The van der Waals surface area contributed by atoms with Crippen molar-refractivity contribution in [3.8, 4) is 5.75 Å². The fourth-order valence-electron chi connectivity index (χ4n) is 1.60. The third kappa shape index (κ3) is 3.93. The third-order valence-electron chi connectivity index (χ3n) is 2.36. The summed E-state index contributed by atoms with van der Waals surface area (Å²) < 4.78 is 5.56. The smallest absolute Gasteiger partial charge is 0.239 e. The first kappa shape index (κ1) is 13.8. The number of nitrogens with one attached hydrogen (secondary N) is 1. The molecular formula is C13H18ClNO2. The van der Waals surface area contributed by atoms with Crippen molar-refractivity contribution in [2.24, 2.45) is 0 Å². The van der Waals surface area contributed by atoms with Gasteiger partial charge in [-0.25, -0.2) is 0 Å². The van der Waals surface area contributed by atoms with Gasteiger partial charge in [0.25, 0.3) is 0 Å². The van der Waals surface area contributed by atoms with Crippen molar-refractivity contribution in [1.82, 2.24) is 0 Å². The zero-order valence-corrected chi connectivity index (χ0v) is 11.2. The first-order chi connectivity index (χ1) is 8.08. The number of carbonyl (C=O) groups is 1. The van der Waals surface area contributed by atoms with Gasteiger partial charge in [0.1, 0.15) is 11.6 Å². The summed E-state index contributed by atoms with van der Waals surface area (Å²) in [6.07, 6.45) is 0.975. The van der Waals surface area contributed by atoms with Crippen LogP contribution in [-0.4, -0.2) is 18.4 Å². The van der Waals surface area contributed by atoms with E-state index >= 15 is 0 Å². The fraction of sp³-hybridized carbons (Fsp3) is 0.462. The van der Waals surface area contributed by atoms with Crippen LogP contribution in [0.2, 0.25) is 0 Å². The van der Waals surface area contributed by atoms with Gasteiger partial charge in [-0.1, -0.05) is 6.92 Å². The van der Waals surface area contributed by atoms with Crippen LogP contribution in [0.1, 0.15) is 24.5 Å². The van der Waals surface area contributed by atoms with Crippen LogP contribution < -0.4 is 10.1 Å². The zero-order chi connectivity index (χ0) is 12.8. The number of aryl methyl sites for hydroxylation is 2. The Balaban J connectivity index is 2.90. The molecule has 1 amide bonds. The number of hydrogen-bond donors (Lipinski definition) is 1. The molecule has 0 aliphatic rings. The molecule has 17 heavy (non-hydrogen) atoms. The van der Waals surface area contributed by atoms with E-state index in [1.807, 2.05) is 26.0 Å². The second-order valence-electron chi connectivity index (χ2n) is 3.96. The standard InChI is InChI=1S/C13H18ClNO2/c1-4-5-17-11-6-9(2)13(10(3)7-11)15-12(16)8-14/h6-7H,4-5,8H2,1-3H3,(H,15,16). The topological polar surface area (TPSA) is 38.3 Å². The highest BCUT2D eigenvalue weighted by Gasteiger charge is 2.08. The summed E-state index contributed by atoms with van der Waals surface area (Å²) in [5.41, 5.74) is 2.78. The molecule has 0 atom stereocenters. The van der Waals surface area contributed by atoms with Gasteiger partial charge in [0.2, 0.25) is 5.91 Å². The average Bonchev–Trinajstić information content (AvgIpc) is 2.30. The highest BCUT2D eigenvalue weighted by molar-refractivity contribution is 6.29. The molecular weight excluding hydrogens is 238 g/mol. The van der Waals surface area contributed by atoms with Gasteiger partial charge in [-0.05, 0) is 43.5 Å². The molecule has 0 saturated carbocycles. The Morgan fingerprint density at radius 2 is 1.94 bits per heavy atom. The van der Waals surface area contributed by atoms with Crippen LogP contribution in [0.5, 0.6) is 5.75 Å². The number of alkyl halides is 1. The van der Waals surface area contributed by atoms with E-state index in [1.165, 1.54) is 0 Å². The van der Waals surface area contributed by atoms with Gasteiger partial charge >= 0.3 is 0 Å². The SMILES string of the molecule is CCCOc1cc(C)c(NC(=O)CCl)c(C)c1. The largest absolute Gasteiger partial charge is 0.494 e. The molecule has 1 aromatic carbocycles. The molecule has 4 heteroatoms. The molecule has 0 radical (unpaired) electrons. The molecule has 0 aromatic heterocycles. The van der Waals surface area contributed by atoms with Crippen LogP contribution >= 0.6 is 11.6 Å². The Morgan fingerprint density at radius 3 is 2.41 bits per heavy atom. The van der Waals surface area contributed by atoms with Crippen LogP contribution in [0, 0.1) is 13.8 Å². The predicted octanol–water partition coefficient (Wildman–Crippen LogP) is 3.27. The van der Waals surface area contributed by atoms with E-state index in [9.17, 15) is 4.79 Å². The molecule has 0 saturated heterocycles. The van der Waals surface area contributed by atoms with Gasteiger partial charge in [-0.2, -0.15) is 0 Å². The molecule has 0 bridgehead atoms. The van der Waals surface area contributed by atoms with Crippen LogP contribution in [0.25, 0.3) is 0 Å². The zero-order valence-electron chi connectivity index (χ0n) is 10.5. The number of rotatable bonds is 5. The Labute approximate surface area is 107 Å². The van der Waals surface area contributed by atoms with Gasteiger partial charge in [-0.3, -0.25) is 4.79 Å². The minimum absolute atomic E-state index is 0.0348. The van der Waals surface area contributed by atoms with Crippen molar-refractivity contribution in [2.75, 3.05) is 17.8 Å². The van der Waals surface area contributed by atoms with E-state index in [0.29, 0.717) is 6.61 Å². The molecule has 1 rings (SSSR count). The van der Waals surface area contributed by atoms with Gasteiger partial charge in [0.05, 0.1) is 6.61 Å². The first-order valence-electron chi connectivity index (χ1n) is 5.68. The van der Waals surface area contributed by atoms with Crippen molar-refractivity contribution in [3.05, 3.63) is 23.3 Å². The second-order valence-corrected chi connectivity index (χ2v) is 4.23. The van der Waals surface area contributed by atoms with Gasteiger partial charge in [0.15, 0.2) is 0 Å². The lowest BCUT2D eigenvalue weighted by molar-refractivity contribution is -0.113. The fourth-order valence-corrected chi connectivity index (χ4v) is 1.66. The maximum atomic E-state index is 11.3. The molecule has 1 N–H and O–H groups in total. The highest BCUT2D eigenvalue weighted by Crippen LogP contribution is 2.26. The third-order valence-corrected chi connectivity index (χ3v) is 2.61. The number of anilines is 1. The van der Waals surface area contributed by atoms with Crippen LogP contribution in [0.4, 0.5) is 5.69 Å². The molecule has 1 aromatic rings. The van der Waals surface area contributed by atoms with E-state index in [-0.39, 0.29) is 11.8 Å². The summed E-state index contributed by atoms with van der Waals surface area (Å²) in [7, 11) is 0. The lowest BCUT2D eigenvalue weighted by Crippen LogP contribution is -2.14. The Morgan fingerprint density at radius 1 is 1.35 bits per heavy atom. The van der Waals surface area contributed by atoms with Crippen molar-refractivity contribution >= 4 is 23.2 Å². The van der Waals surface area contributed by atoms with Crippen molar-refractivity contribution in [3.63, 3.8) is 0 Å². The quantitative estimate of drug-likeness (QED) is 0.820. The molecule has 0 spiro atoms. The Hall–Kier alpha value is -1.22. The second kappa shape index (κ2) is 6.50. The minimum atomic E-state index is -0.194. The summed E-state index contributed by atoms with van der Waals surface area (Å²) in [5.74, 6) is 0.610. The number of benzene rings is 1. The van der Waals surface area contributed by atoms with Crippen molar-refractivity contribution in [1.29, 1.82) is 0 Å². The van der Waals surface area contributed by atoms with Gasteiger partial charge in [-0.15, -0.1) is 11.6 Å². The molecule has 0 unspecified atom stereocenters. The number of amides is 1. The molecule has 0 aliphatic carbocycles. The van der Waals surface area contributed by atoms with E-state index in [4.69, 9.17) is 16.3 Å². The summed E-state index contributed by atoms with van der Waals surface area (Å²) in [5, 5.41) is 2.79. The summed E-state index contributed by atoms with van der Waals surface area (Å²) in [4.78, 5) is 11.3. The van der Waals surface area contributed by atoms with E-state index < -0.39 is 0 Å². The van der Waals surface area contributed by atoms with E-state index in [2.05, 4.69) is 12.2 Å². The van der Waals surface area contributed by atoms with Crippen LogP contribution in [0.15, 0.2) is 12.1 Å². The van der Waals surface area contributed by atoms with Crippen LogP contribution in [0.3, 0.4) is 0 Å². The molecule has 0 heterocycles. The normalized spacial score (nSPS) is 10.1. The minimum Gasteiger partial charge on any atom is -0.494 e. The average molecular weight is 256 g/mol. The maximum absolute atomic E-state index is 11.3. The van der Waals surface area contributed by atoms with Gasteiger partial charge < -0.3 is 10.1 Å². The summed E-state index contributed by atoms with van der Waals surface area (Å²) in [6.45, 7) is 6.65. The monoisotopic (exact) mass is 255 g/mol. The Bertz CT molecular complexity index is 381. The number of ether oxygens (including phenoxy) is 1. The molecule has 0 fully saturated rings. The first-order valence-corrected chi connectivity index (χ1v) is 6.21. The number of hydrogen-bond acceptors (Lipinski definition) is 2. The number of carbonyl (C=O) groups excluding carboxylic acids is 1. The number of halogens is 1.